The minimum Gasteiger partial charge on any atom is -0.459 e. The van der Waals surface area contributed by atoms with Gasteiger partial charge in [0, 0.05) is 17.8 Å². The summed E-state index contributed by atoms with van der Waals surface area (Å²) >= 11 is 0. The zero-order valence-electron chi connectivity index (χ0n) is 14.5. The molecule has 25 heavy (non-hydrogen) atoms. The maximum absolute atomic E-state index is 12.5. The van der Waals surface area contributed by atoms with Crippen molar-refractivity contribution in [2.75, 3.05) is 18.1 Å². The number of fused-ring (bicyclic) bond motifs is 1. The molecule has 2 aliphatic rings. The van der Waals surface area contributed by atoms with Gasteiger partial charge in [0.05, 0.1) is 11.7 Å². The molecule has 1 atom stereocenters. The average Bonchev–Trinajstić information content (AvgIpc) is 3.27. The van der Waals surface area contributed by atoms with Gasteiger partial charge in [-0.05, 0) is 57.6 Å². The molecule has 1 saturated heterocycles. The summed E-state index contributed by atoms with van der Waals surface area (Å²) in [7, 11) is 0. The van der Waals surface area contributed by atoms with E-state index in [1.165, 1.54) is 0 Å². The first kappa shape index (κ1) is 16.1. The summed E-state index contributed by atoms with van der Waals surface area (Å²) in [4.78, 5) is 14.7. The van der Waals surface area contributed by atoms with E-state index in [-0.39, 0.29) is 12.0 Å². The van der Waals surface area contributed by atoms with E-state index < -0.39 is 0 Å². The number of carbonyl (C=O) groups is 1. The van der Waals surface area contributed by atoms with Crippen molar-refractivity contribution in [3.8, 4) is 0 Å². The fourth-order valence-corrected chi connectivity index (χ4v) is 3.75. The van der Waals surface area contributed by atoms with Crippen LogP contribution in [0.1, 0.15) is 53.1 Å². The fraction of sp³-hybridized carbons (Fsp3) is 0.556. The fourth-order valence-electron chi connectivity index (χ4n) is 3.75. The molecule has 0 radical (unpaired) electrons. The number of nitrogens with zero attached hydrogens (tertiary/aromatic N) is 4. The smallest absolute Gasteiger partial charge is 0.359 e. The number of hydrogen-bond donors (Lipinski definition) is 1. The van der Waals surface area contributed by atoms with Crippen molar-refractivity contribution < 1.29 is 9.53 Å². The topological polar surface area (TPSA) is 84.0 Å². The Labute approximate surface area is 146 Å². The second-order valence-electron chi connectivity index (χ2n) is 6.86. The molecule has 1 fully saturated rings. The maximum Gasteiger partial charge on any atom is 0.359 e. The summed E-state index contributed by atoms with van der Waals surface area (Å²) in [5, 5.41) is 15.6. The van der Waals surface area contributed by atoms with Crippen LogP contribution in [0.5, 0.6) is 0 Å². The predicted octanol–water partition coefficient (Wildman–Crippen LogP) is 2.21. The van der Waals surface area contributed by atoms with Crippen LogP contribution in [0.25, 0.3) is 0 Å². The number of nitrogens with one attached hydrogen (secondary N) is 1. The van der Waals surface area contributed by atoms with Gasteiger partial charge in [0.1, 0.15) is 6.61 Å². The van der Waals surface area contributed by atoms with Gasteiger partial charge in [-0.15, -0.1) is 5.10 Å². The number of esters is 1. The first-order chi connectivity index (χ1) is 12.2. The Morgan fingerprint density at radius 3 is 3.00 bits per heavy atom. The molecule has 2 aromatic rings. The number of aromatic amines is 1. The van der Waals surface area contributed by atoms with Gasteiger partial charge in [0.2, 0.25) is 0 Å². The molecule has 4 rings (SSSR count). The first-order valence-corrected chi connectivity index (χ1v) is 9.02. The Bertz CT molecular complexity index is 755. The zero-order valence-corrected chi connectivity index (χ0v) is 14.5. The number of carbonyl (C=O) groups excluding carboxylic acids is 1. The van der Waals surface area contributed by atoms with Gasteiger partial charge < -0.3 is 9.64 Å². The van der Waals surface area contributed by atoms with Crippen LogP contribution < -0.4 is 4.90 Å². The van der Waals surface area contributed by atoms with E-state index in [1.54, 1.807) is 0 Å². The number of aromatic nitrogens is 4. The molecule has 2 aromatic heterocycles. The largest absolute Gasteiger partial charge is 0.459 e. The molecule has 0 spiro atoms. The molecular weight excluding hydrogens is 318 g/mol. The third-order valence-corrected chi connectivity index (χ3v) is 5.11. The first-order valence-electron chi connectivity index (χ1n) is 9.02. The van der Waals surface area contributed by atoms with Crippen LogP contribution in [-0.2, 0) is 17.6 Å². The standard InChI is InChI=1S/C18H23N5O2/c1-12-8-9-16(21-19-12)23-10-4-5-13(23)11-25-18(24)17-14-6-2-3-7-15(14)20-22-17/h8-9,13H,2-7,10-11H2,1H3,(H,20,22)/t13-/m0/s1. The summed E-state index contributed by atoms with van der Waals surface area (Å²) in [5.41, 5.74) is 3.50. The summed E-state index contributed by atoms with van der Waals surface area (Å²) in [6.45, 7) is 3.19. The summed E-state index contributed by atoms with van der Waals surface area (Å²) in [5.74, 6) is 0.530. The van der Waals surface area contributed by atoms with Crippen molar-refractivity contribution in [3.63, 3.8) is 0 Å². The lowest BCUT2D eigenvalue weighted by Gasteiger charge is -2.24. The number of ether oxygens (including phenoxy) is 1. The van der Waals surface area contributed by atoms with Crippen molar-refractivity contribution in [1.82, 2.24) is 20.4 Å². The Balaban J connectivity index is 1.41. The molecule has 0 aromatic carbocycles. The molecule has 1 aliphatic carbocycles. The van der Waals surface area contributed by atoms with Gasteiger partial charge in [0.25, 0.3) is 0 Å². The van der Waals surface area contributed by atoms with Crippen LogP contribution in [0.15, 0.2) is 12.1 Å². The lowest BCUT2D eigenvalue weighted by molar-refractivity contribution is 0.0474. The minimum atomic E-state index is -0.318. The lowest BCUT2D eigenvalue weighted by atomic mass is 9.96. The summed E-state index contributed by atoms with van der Waals surface area (Å²) < 4.78 is 5.60. The third-order valence-electron chi connectivity index (χ3n) is 5.11. The van der Waals surface area contributed by atoms with E-state index in [1.807, 2.05) is 19.1 Å². The SMILES string of the molecule is Cc1ccc(N2CCC[C@H]2COC(=O)c2n[nH]c3c2CCCC3)nn1. The minimum absolute atomic E-state index is 0.149. The second kappa shape index (κ2) is 6.82. The molecule has 7 heteroatoms. The van der Waals surface area contributed by atoms with E-state index >= 15 is 0 Å². The Kier molecular flexibility index (Phi) is 4.38. The Morgan fingerprint density at radius 2 is 2.16 bits per heavy atom. The third kappa shape index (κ3) is 3.23. The highest BCUT2D eigenvalue weighted by Gasteiger charge is 2.29. The molecule has 0 unspecified atom stereocenters. The quantitative estimate of drug-likeness (QED) is 0.859. The van der Waals surface area contributed by atoms with E-state index in [4.69, 9.17) is 4.74 Å². The van der Waals surface area contributed by atoms with Crippen LogP contribution in [0.3, 0.4) is 0 Å². The molecule has 1 N–H and O–H groups in total. The number of hydrogen-bond acceptors (Lipinski definition) is 6. The summed E-state index contributed by atoms with van der Waals surface area (Å²) in [6, 6.07) is 4.09. The van der Waals surface area contributed by atoms with Gasteiger partial charge in [0.15, 0.2) is 11.5 Å². The van der Waals surface area contributed by atoms with Gasteiger partial charge in [-0.25, -0.2) is 4.79 Å². The Hall–Kier alpha value is -2.44. The normalized spacial score (nSPS) is 19.7. The average molecular weight is 341 g/mol. The van der Waals surface area contributed by atoms with E-state index in [0.29, 0.717) is 12.3 Å². The number of rotatable bonds is 4. The van der Waals surface area contributed by atoms with Crippen molar-refractivity contribution >= 4 is 11.8 Å². The van der Waals surface area contributed by atoms with E-state index in [0.717, 1.165) is 67.8 Å². The van der Waals surface area contributed by atoms with E-state index in [9.17, 15) is 4.79 Å². The highest BCUT2D eigenvalue weighted by molar-refractivity contribution is 5.89. The predicted molar refractivity (Wildman–Crippen MR) is 92.6 cm³/mol. The molecule has 1 aliphatic heterocycles. The van der Waals surface area contributed by atoms with Crippen molar-refractivity contribution in [2.45, 2.75) is 51.5 Å². The van der Waals surface area contributed by atoms with Gasteiger partial charge in [-0.1, -0.05) is 0 Å². The van der Waals surface area contributed by atoms with Crippen LogP contribution in [0.4, 0.5) is 5.82 Å². The van der Waals surface area contributed by atoms with Gasteiger partial charge in [-0.3, -0.25) is 5.10 Å². The number of aryl methyl sites for hydroxylation is 2. The zero-order chi connectivity index (χ0) is 17.2. The van der Waals surface area contributed by atoms with Crippen LogP contribution in [0, 0.1) is 6.92 Å². The lowest BCUT2D eigenvalue weighted by Crippen LogP contribution is -2.34. The molecule has 132 valence electrons. The van der Waals surface area contributed by atoms with Gasteiger partial charge in [-0.2, -0.15) is 10.2 Å². The van der Waals surface area contributed by atoms with E-state index in [2.05, 4.69) is 25.3 Å². The maximum atomic E-state index is 12.5. The molecule has 7 nitrogen and oxygen atoms in total. The molecule has 0 bridgehead atoms. The molecule has 0 amide bonds. The van der Waals surface area contributed by atoms with Crippen LogP contribution >= 0.6 is 0 Å². The molecule has 3 heterocycles. The number of H-pyrrole nitrogens is 1. The van der Waals surface area contributed by atoms with Crippen molar-refractivity contribution in [3.05, 3.63) is 34.8 Å². The Morgan fingerprint density at radius 1 is 1.28 bits per heavy atom. The molecular formula is C18H23N5O2. The summed E-state index contributed by atoms with van der Waals surface area (Å²) in [6.07, 6.45) is 6.19. The second-order valence-corrected chi connectivity index (χ2v) is 6.86. The van der Waals surface area contributed by atoms with Crippen LogP contribution in [0.2, 0.25) is 0 Å². The monoisotopic (exact) mass is 341 g/mol. The highest BCUT2D eigenvalue weighted by Crippen LogP contribution is 2.25. The highest BCUT2D eigenvalue weighted by atomic mass is 16.5. The molecule has 0 saturated carbocycles. The van der Waals surface area contributed by atoms with Crippen molar-refractivity contribution in [2.24, 2.45) is 0 Å². The number of anilines is 1. The van der Waals surface area contributed by atoms with Crippen molar-refractivity contribution in [1.29, 1.82) is 0 Å². The van der Waals surface area contributed by atoms with Crippen LogP contribution in [-0.4, -0.2) is 45.6 Å². The van der Waals surface area contributed by atoms with Gasteiger partial charge >= 0.3 is 5.97 Å².